The molecule has 0 amide bonds. The maximum absolute atomic E-state index is 10.4. The Bertz CT molecular complexity index is 354. The predicted molar refractivity (Wildman–Crippen MR) is 65.1 cm³/mol. The van der Waals surface area contributed by atoms with Gasteiger partial charge < -0.3 is 5.11 Å². The molecule has 1 rings (SSSR count). The second-order valence-corrected chi connectivity index (χ2v) is 4.75. The minimum atomic E-state index is -0.844. The molecule has 86 valence electrons. The average Bonchev–Trinajstić information content (AvgIpc) is 2.63. The van der Waals surface area contributed by atoms with Crippen LogP contribution >= 0.6 is 11.8 Å². The molecule has 0 bridgehead atoms. The van der Waals surface area contributed by atoms with Crippen LogP contribution in [0.1, 0.15) is 27.2 Å². The van der Waals surface area contributed by atoms with Gasteiger partial charge in [-0.1, -0.05) is 18.7 Å². The van der Waals surface area contributed by atoms with Gasteiger partial charge in [0, 0.05) is 0 Å². The van der Waals surface area contributed by atoms with E-state index < -0.39 is 5.97 Å². The minimum absolute atomic E-state index is 0. The second-order valence-electron chi connectivity index (χ2n) is 3.80. The Kier molecular flexibility index (Phi) is 6.62. The van der Waals surface area contributed by atoms with Gasteiger partial charge in [0.1, 0.15) is 6.33 Å². The third-order valence-electron chi connectivity index (χ3n) is 2.28. The summed E-state index contributed by atoms with van der Waals surface area (Å²) in [6.45, 7) is 6.16. The van der Waals surface area contributed by atoms with Crippen LogP contribution in [0.5, 0.6) is 0 Å². The first-order chi connectivity index (χ1) is 6.97. The number of thioether (sulfide) groups is 1. The van der Waals surface area contributed by atoms with Crippen LogP contribution in [0.2, 0.25) is 0 Å². The maximum atomic E-state index is 10.4. The number of carboxylic acids is 1. The first-order valence-electron chi connectivity index (χ1n) is 4.72. The number of hydrogen-bond acceptors (Lipinski definition) is 4. The van der Waals surface area contributed by atoms with Crippen molar-refractivity contribution in [2.24, 2.45) is 0 Å². The van der Waals surface area contributed by atoms with Gasteiger partial charge >= 0.3 is 35.5 Å². The molecule has 0 saturated heterocycles. The molecule has 0 fully saturated rings. The Balaban J connectivity index is 0.00000225. The molecule has 0 aliphatic carbocycles. The summed E-state index contributed by atoms with van der Waals surface area (Å²) in [6.07, 6.45) is 2.37. The predicted octanol–water partition coefficient (Wildman–Crippen LogP) is 0.951. The molecule has 5 nitrogen and oxygen atoms in total. The van der Waals surface area contributed by atoms with Crippen molar-refractivity contribution < 1.29 is 9.90 Å². The Morgan fingerprint density at radius 1 is 1.62 bits per heavy atom. The molecule has 1 N–H and O–H groups in total. The van der Waals surface area contributed by atoms with Gasteiger partial charge in [-0.25, -0.2) is 9.67 Å². The van der Waals surface area contributed by atoms with Gasteiger partial charge in [0.15, 0.2) is 5.16 Å². The zero-order valence-corrected chi connectivity index (χ0v) is 9.91. The summed E-state index contributed by atoms with van der Waals surface area (Å²) in [5.41, 5.74) is -0.128. The number of carbonyl (C=O) groups is 1. The van der Waals surface area contributed by atoms with E-state index in [0.29, 0.717) is 5.16 Å². The number of aliphatic carboxylic acids is 1. The number of aromatic nitrogens is 3. The molecule has 0 aromatic carbocycles. The van der Waals surface area contributed by atoms with E-state index in [4.69, 9.17) is 5.11 Å². The van der Waals surface area contributed by atoms with Crippen molar-refractivity contribution in [3.63, 3.8) is 0 Å². The van der Waals surface area contributed by atoms with E-state index in [0.717, 1.165) is 6.42 Å². The normalized spacial score (nSPS) is 10.9. The molecule has 0 atom stereocenters. The third-order valence-corrected chi connectivity index (χ3v) is 3.21. The summed E-state index contributed by atoms with van der Waals surface area (Å²) in [7, 11) is 0. The van der Waals surface area contributed by atoms with E-state index in [9.17, 15) is 4.79 Å². The molecule has 0 aliphatic heterocycles. The van der Waals surface area contributed by atoms with Crippen LogP contribution in [-0.2, 0) is 10.3 Å². The average molecular weight is 253 g/mol. The fourth-order valence-corrected chi connectivity index (χ4v) is 1.81. The summed E-state index contributed by atoms with van der Waals surface area (Å²) < 4.78 is 1.78. The van der Waals surface area contributed by atoms with Crippen LogP contribution in [0.25, 0.3) is 0 Å². The Labute approximate surface area is 121 Å². The Morgan fingerprint density at radius 3 is 2.75 bits per heavy atom. The van der Waals surface area contributed by atoms with Crippen LogP contribution in [0, 0.1) is 0 Å². The van der Waals surface area contributed by atoms with E-state index in [-0.39, 0.29) is 40.8 Å². The zero-order valence-electron chi connectivity index (χ0n) is 9.10. The summed E-state index contributed by atoms with van der Waals surface area (Å²) in [6, 6.07) is 0. The van der Waals surface area contributed by atoms with Crippen LogP contribution in [-0.4, -0.2) is 61.2 Å². The molecular weight excluding hydrogens is 237 g/mol. The summed E-state index contributed by atoms with van der Waals surface area (Å²) >= 11 is 1.19. The molecule has 1 aromatic heterocycles. The van der Waals surface area contributed by atoms with E-state index in [1.54, 1.807) is 4.68 Å². The third kappa shape index (κ3) is 4.08. The van der Waals surface area contributed by atoms with Crippen molar-refractivity contribution in [3.8, 4) is 0 Å². The van der Waals surface area contributed by atoms with Crippen molar-refractivity contribution in [1.29, 1.82) is 0 Å². The van der Waals surface area contributed by atoms with Gasteiger partial charge in [0.05, 0.1) is 11.3 Å². The molecule has 0 radical (unpaired) electrons. The fourth-order valence-electron chi connectivity index (χ4n) is 1.02. The Hall–Kier alpha value is -0.0400. The molecule has 1 aromatic rings. The van der Waals surface area contributed by atoms with Crippen molar-refractivity contribution in [1.82, 2.24) is 14.8 Å². The van der Waals surface area contributed by atoms with Gasteiger partial charge in [-0.2, -0.15) is 5.10 Å². The molecule has 7 heteroatoms. The topological polar surface area (TPSA) is 68.0 Å². The molecule has 0 aliphatic rings. The van der Waals surface area contributed by atoms with Gasteiger partial charge in [-0.05, 0) is 20.3 Å². The van der Waals surface area contributed by atoms with Crippen molar-refractivity contribution in [3.05, 3.63) is 6.33 Å². The van der Waals surface area contributed by atoms with Gasteiger partial charge in [-0.15, -0.1) is 0 Å². The van der Waals surface area contributed by atoms with Crippen molar-refractivity contribution >= 4 is 47.3 Å². The van der Waals surface area contributed by atoms with Gasteiger partial charge in [0.2, 0.25) is 0 Å². The standard InChI is InChI=1S/C9H15N3O2S.Na.H/c1-4-9(2,3)12-8(10-6-11-12)15-5-7(13)14;;/h6H,4-5H2,1-3H3,(H,13,14);;. The number of hydrogen-bond donors (Lipinski definition) is 1. The van der Waals surface area contributed by atoms with Crippen LogP contribution in [0.3, 0.4) is 0 Å². The monoisotopic (exact) mass is 253 g/mol. The summed E-state index contributed by atoms with van der Waals surface area (Å²) in [5, 5.41) is 13.4. The molecular formula is C9H16N3NaO2S. The number of carboxylic acid groups (broad SMARTS) is 1. The first-order valence-corrected chi connectivity index (χ1v) is 5.71. The number of rotatable bonds is 5. The first kappa shape index (κ1) is 16.0. The number of nitrogens with zero attached hydrogens (tertiary/aromatic N) is 3. The Morgan fingerprint density at radius 2 is 2.25 bits per heavy atom. The van der Waals surface area contributed by atoms with Crippen LogP contribution in [0.15, 0.2) is 11.5 Å². The van der Waals surface area contributed by atoms with Crippen LogP contribution in [0.4, 0.5) is 0 Å². The SMILES string of the molecule is CCC(C)(C)n1ncnc1SCC(=O)O.[NaH]. The second kappa shape index (κ2) is 6.64. The van der Waals surface area contributed by atoms with Gasteiger partial charge in [0.25, 0.3) is 0 Å². The molecule has 0 unspecified atom stereocenters. The van der Waals surface area contributed by atoms with Gasteiger partial charge in [-0.3, -0.25) is 4.79 Å². The van der Waals surface area contributed by atoms with E-state index in [1.165, 1.54) is 18.1 Å². The van der Waals surface area contributed by atoms with E-state index in [2.05, 4.69) is 17.0 Å². The molecule has 16 heavy (non-hydrogen) atoms. The summed E-state index contributed by atoms with van der Waals surface area (Å²) in [5.74, 6) is -0.831. The van der Waals surface area contributed by atoms with E-state index in [1.807, 2.05) is 13.8 Å². The quantitative estimate of drug-likeness (QED) is 0.625. The van der Waals surface area contributed by atoms with E-state index >= 15 is 0 Å². The van der Waals surface area contributed by atoms with Crippen molar-refractivity contribution in [2.75, 3.05) is 5.75 Å². The summed E-state index contributed by atoms with van der Waals surface area (Å²) in [4.78, 5) is 14.5. The van der Waals surface area contributed by atoms with Crippen LogP contribution < -0.4 is 0 Å². The molecule has 0 spiro atoms. The zero-order chi connectivity index (χ0) is 11.5. The molecule has 0 saturated carbocycles. The van der Waals surface area contributed by atoms with Crippen molar-refractivity contribution in [2.45, 2.75) is 37.9 Å². The fraction of sp³-hybridized carbons (Fsp3) is 0.667. The molecule has 1 heterocycles.